The first-order chi connectivity index (χ1) is 12.7. The molecule has 27 heavy (non-hydrogen) atoms. The second-order valence-corrected chi connectivity index (χ2v) is 8.08. The zero-order valence-electron chi connectivity index (χ0n) is 15.1. The molecule has 3 aliphatic carbocycles. The van der Waals surface area contributed by atoms with Gasteiger partial charge < -0.3 is 4.74 Å². The predicted molar refractivity (Wildman–Crippen MR) is 89.3 cm³/mol. The summed E-state index contributed by atoms with van der Waals surface area (Å²) in [7, 11) is 1.66. The van der Waals surface area contributed by atoms with Gasteiger partial charge in [0.1, 0.15) is 11.9 Å². The number of carbonyl (C=O) groups excluding carboxylic acids is 1. The third-order valence-corrected chi connectivity index (χ3v) is 6.08. The normalized spacial score (nSPS) is 27.6. The Bertz CT molecular complexity index is 718. The summed E-state index contributed by atoms with van der Waals surface area (Å²) >= 11 is 0. The maximum Gasteiger partial charge on any atom is 0.413 e. The zero-order chi connectivity index (χ0) is 19.3. The van der Waals surface area contributed by atoms with Gasteiger partial charge in [-0.15, -0.1) is 0 Å². The van der Waals surface area contributed by atoms with E-state index in [0.717, 1.165) is 24.8 Å². The standard InChI is InChI=1S/C18H23F4N3O2/c1-25-16(23-17(26)27-12-5-10(6-12)15(19)20)13(9-3-2-4-9)14(24-25)11-7-18(21,22)8-11/h9-12,15H,2-8H2,1H3,(H,23,26). The summed E-state index contributed by atoms with van der Waals surface area (Å²) in [6.07, 6.45) is -0.790. The van der Waals surface area contributed by atoms with E-state index in [4.69, 9.17) is 4.74 Å². The fourth-order valence-corrected chi connectivity index (χ4v) is 4.15. The maximum absolute atomic E-state index is 13.3. The highest BCUT2D eigenvalue weighted by atomic mass is 19.3. The summed E-state index contributed by atoms with van der Waals surface area (Å²) in [5.74, 6) is -2.98. The molecule has 1 heterocycles. The van der Waals surface area contributed by atoms with Crippen LogP contribution in [-0.4, -0.2) is 34.3 Å². The number of nitrogens with one attached hydrogen (secondary N) is 1. The molecule has 9 heteroatoms. The number of alkyl halides is 4. The van der Waals surface area contributed by atoms with Crippen LogP contribution < -0.4 is 5.32 Å². The number of carbonyl (C=O) groups is 1. The second kappa shape index (κ2) is 6.67. The minimum atomic E-state index is -2.64. The van der Waals surface area contributed by atoms with Crippen LogP contribution in [0, 0.1) is 5.92 Å². The number of anilines is 1. The SMILES string of the molecule is Cn1nc(C2CC(F)(F)C2)c(C2CCC2)c1NC(=O)OC1CC(C(F)F)C1. The molecule has 5 nitrogen and oxygen atoms in total. The Kier molecular flexibility index (Phi) is 4.58. The largest absolute Gasteiger partial charge is 0.446 e. The summed E-state index contributed by atoms with van der Waals surface area (Å²) in [5.41, 5.74) is 1.48. The zero-order valence-corrected chi connectivity index (χ0v) is 15.1. The van der Waals surface area contributed by atoms with E-state index in [-0.39, 0.29) is 37.5 Å². The van der Waals surface area contributed by atoms with E-state index < -0.39 is 30.5 Å². The highest BCUT2D eigenvalue weighted by Gasteiger charge is 2.49. The van der Waals surface area contributed by atoms with Gasteiger partial charge in [0, 0.05) is 37.3 Å². The van der Waals surface area contributed by atoms with E-state index in [1.807, 2.05) is 0 Å². The van der Waals surface area contributed by atoms with Crippen LogP contribution in [0.2, 0.25) is 0 Å². The highest BCUT2D eigenvalue weighted by Crippen LogP contribution is 2.52. The summed E-state index contributed by atoms with van der Waals surface area (Å²) < 4.78 is 58.4. The Hall–Kier alpha value is -1.80. The molecule has 3 fully saturated rings. The molecule has 0 aromatic carbocycles. The Balaban J connectivity index is 1.45. The lowest BCUT2D eigenvalue weighted by molar-refractivity contribution is -0.0879. The van der Waals surface area contributed by atoms with Crippen molar-refractivity contribution in [3.8, 4) is 0 Å². The van der Waals surface area contributed by atoms with Gasteiger partial charge in [0.25, 0.3) is 0 Å². The number of aryl methyl sites for hydroxylation is 1. The fraction of sp³-hybridized carbons (Fsp3) is 0.778. The summed E-state index contributed by atoms with van der Waals surface area (Å²) in [5, 5.41) is 7.10. The van der Waals surface area contributed by atoms with Crippen molar-refractivity contribution in [3.05, 3.63) is 11.3 Å². The number of hydrogen-bond donors (Lipinski definition) is 1. The number of ether oxygens (including phenoxy) is 1. The van der Waals surface area contributed by atoms with Crippen molar-refractivity contribution in [2.24, 2.45) is 13.0 Å². The lowest BCUT2D eigenvalue weighted by Gasteiger charge is -2.36. The van der Waals surface area contributed by atoms with Gasteiger partial charge in [0.15, 0.2) is 0 Å². The van der Waals surface area contributed by atoms with Crippen molar-refractivity contribution in [2.45, 2.75) is 75.2 Å². The van der Waals surface area contributed by atoms with Crippen LogP contribution in [0.4, 0.5) is 28.2 Å². The molecular weight excluding hydrogens is 366 g/mol. The number of halogens is 4. The maximum atomic E-state index is 13.3. The number of aromatic nitrogens is 2. The van der Waals surface area contributed by atoms with Gasteiger partial charge in [-0.25, -0.2) is 22.4 Å². The molecule has 1 amide bonds. The molecule has 3 saturated carbocycles. The van der Waals surface area contributed by atoms with Crippen LogP contribution in [0.5, 0.6) is 0 Å². The lowest BCUT2D eigenvalue weighted by Crippen LogP contribution is -2.38. The van der Waals surface area contributed by atoms with Crippen LogP contribution in [0.25, 0.3) is 0 Å². The van der Waals surface area contributed by atoms with Gasteiger partial charge in [0.05, 0.1) is 5.69 Å². The summed E-state index contributed by atoms with van der Waals surface area (Å²) in [6.45, 7) is 0. The van der Waals surface area contributed by atoms with Gasteiger partial charge in [-0.2, -0.15) is 5.10 Å². The van der Waals surface area contributed by atoms with Gasteiger partial charge >= 0.3 is 6.09 Å². The van der Waals surface area contributed by atoms with E-state index >= 15 is 0 Å². The topological polar surface area (TPSA) is 56.2 Å². The summed E-state index contributed by atoms with van der Waals surface area (Å²) in [4.78, 5) is 12.2. The van der Waals surface area contributed by atoms with Crippen molar-refractivity contribution in [1.82, 2.24) is 9.78 Å². The van der Waals surface area contributed by atoms with Crippen LogP contribution in [0.15, 0.2) is 0 Å². The first kappa shape index (κ1) is 18.6. The number of amides is 1. The number of nitrogens with zero attached hydrogens (tertiary/aromatic N) is 2. The molecule has 0 radical (unpaired) electrons. The van der Waals surface area contributed by atoms with E-state index in [0.29, 0.717) is 11.5 Å². The molecular formula is C18H23F4N3O2. The van der Waals surface area contributed by atoms with Crippen molar-refractivity contribution < 1.29 is 27.1 Å². The highest BCUT2D eigenvalue weighted by molar-refractivity contribution is 5.85. The third-order valence-electron chi connectivity index (χ3n) is 6.08. The van der Waals surface area contributed by atoms with E-state index in [2.05, 4.69) is 10.4 Å². The quantitative estimate of drug-likeness (QED) is 0.737. The van der Waals surface area contributed by atoms with Crippen molar-refractivity contribution in [2.75, 3.05) is 5.32 Å². The molecule has 1 aromatic rings. The van der Waals surface area contributed by atoms with Gasteiger partial charge in [0.2, 0.25) is 12.3 Å². The van der Waals surface area contributed by atoms with Gasteiger partial charge in [-0.05, 0) is 31.6 Å². The van der Waals surface area contributed by atoms with Gasteiger partial charge in [-0.1, -0.05) is 6.42 Å². The molecule has 1 aromatic heterocycles. The first-order valence-corrected chi connectivity index (χ1v) is 9.44. The smallest absolute Gasteiger partial charge is 0.413 e. The molecule has 0 spiro atoms. The van der Waals surface area contributed by atoms with E-state index in [1.165, 1.54) is 4.68 Å². The minimum Gasteiger partial charge on any atom is -0.446 e. The molecule has 0 saturated heterocycles. The Morgan fingerprint density at radius 1 is 1.26 bits per heavy atom. The Labute approximate surface area is 154 Å². The average Bonchev–Trinajstić information content (AvgIpc) is 2.75. The lowest BCUT2D eigenvalue weighted by atomic mass is 9.73. The molecule has 0 aliphatic heterocycles. The van der Waals surface area contributed by atoms with Crippen molar-refractivity contribution >= 4 is 11.9 Å². The first-order valence-electron chi connectivity index (χ1n) is 9.44. The van der Waals surface area contributed by atoms with Crippen LogP contribution in [0.1, 0.15) is 68.0 Å². The van der Waals surface area contributed by atoms with Gasteiger partial charge in [-0.3, -0.25) is 10.00 Å². The molecule has 0 bridgehead atoms. The van der Waals surface area contributed by atoms with E-state index in [1.54, 1.807) is 7.05 Å². The average molecular weight is 389 g/mol. The third kappa shape index (κ3) is 3.52. The van der Waals surface area contributed by atoms with Crippen LogP contribution in [0.3, 0.4) is 0 Å². The summed E-state index contributed by atoms with van der Waals surface area (Å²) in [6, 6.07) is 0. The number of rotatable bonds is 5. The molecule has 0 unspecified atom stereocenters. The second-order valence-electron chi connectivity index (χ2n) is 8.08. The molecule has 3 aliphatic rings. The van der Waals surface area contributed by atoms with Crippen LogP contribution in [-0.2, 0) is 11.8 Å². The molecule has 0 atom stereocenters. The predicted octanol–water partition coefficient (Wildman–Crippen LogP) is 4.79. The fourth-order valence-electron chi connectivity index (χ4n) is 4.15. The Morgan fingerprint density at radius 3 is 2.44 bits per heavy atom. The Morgan fingerprint density at radius 2 is 1.93 bits per heavy atom. The van der Waals surface area contributed by atoms with Crippen LogP contribution >= 0.6 is 0 Å². The van der Waals surface area contributed by atoms with Crippen molar-refractivity contribution in [1.29, 1.82) is 0 Å². The van der Waals surface area contributed by atoms with Crippen molar-refractivity contribution in [3.63, 3.8) is 0 Å². The minimum absolute atomic E-state index is 0.161. The molecule has 4 rings (SSSR count). The molecule has 150 valence electrons. The number of hydrogen-bond acceptors (Lipinski definition) is 3. The molecule has 1 N–H and O–H groups in total. The van der Waals surface area contributed by atoms with E-state index in [9.17, 15) is 22.4 Å². The monoisotopic (exact) mass is 389 g/mol.